The molecule has 0 aliphatic carbocycles. The third-order valence-corrected chi connectivity index (χ3v) is 6.03. The average molecular weight is 644 g/mol. The molecule has 0 aromatic carbocycles. The smallest absolute Gasteiger partial charge is 0.408 e. The molecule has 0 rings (SSSR count). The van der Waals surface area contributed by atoms with E-state index in [9.17, 15) is 24.0 Å². The zero-order chi connectivity index (χ0) is 35.3. The van der Waals surface area contributed by atoms with Crippen molar-refractivity contribution in [1.82, 2.24) is 10.6 Å². The Morgan fingerprint density at radius 1 is 0.578 bits per heavy atom. The Balaban J connectivity index is 6.51. The predicted molar refractivity (Wildman–Crippen MR) is 172 cm³/mol. The maximum Gasteiger partial charge on any atom is 0.408 e. The van der Waals surface area contributed by atoms with Gasteiger partial charge in [0.25, 0.3) is 0 Å². The number of nitrogens with two attached hydrogens (primary N) is 1. The van der Waals surface area contributed by atoms with Crippen LogP contribution >= 0.6 is 0 Å². The van der Waals surface area contributed by atoms with Crippen molar-refractivity contribution in [2.45, 2.75) is 175 Å². The predicted octanol–water partition coefficient (Wildman–Crippen LogP) is 5.23. The van der Waals surface area contributed by atoms with Crippen molar-refractivity contribution < 1.29 is 42.9 Å². The van der Waals surface area contributed by atoms with E-state index in [0.717, 1.165) is 0 Å². The topological polar surface area (TPSA) is 172 Å². The molecule has 0 unspecified atom stereocenters. The Hall–Kier alpha value is -2.89. The van der Waals surface area contributed by atoms with E-state index in [1.54, 1.807) is 83.1 Å². The molecule has 12 nitrogen and oxygen atoms in total. The van der Waals surface area contributed by atoms with Crippen molar-refractivity contribution >= 4 is 29.9 Å². The molecule has 0 aromatic rings. The van der Waals surface area contributed by atoms with Crippen LogP contribution in [0.4, 0.5) is 4.79 Å². The monoisotopic (exact) mass is 643 g/mol. The quantitative estimate of drug-likeness (QED) is 0.115. The number of hydrogen-bond donors (Lipinski definition) is 3. The van der Waals surface area contributed by atoms with Crippen LogP contribution in [0.3, 0.4) is 0 Å². The highest BCUT2D eigenvalue weighted by Crippen LogP contribution is 2.29. The fourth-order valence-electron chi connectivity index (χ4n) is 4.32. The van der Waals surface area contributed by atoms with Gasteiger partial charge in [-0.3, -0.25) is 19.2 Å². The Morgan fingerprint density at radius 3 is 1.24 bits per heavy atom. The standard InChI is InChI=1S/C33H61N3O9/c1-29(2,3)42-24(37)16-19-33(20-17-25(38)43-30(4,5)6,21-18-26(39)44-31(7,8)9)36-27(40)23(15-13-14-22-34)35-28(41)45-32(10,11)12/h23H,13-22,34H2,1-12H3,(H,35,41)(H,36,40)/t23-/m1/s1. The molecule has 262 valence electrons. The molecule has 12 heteroatoms. The maximum atomic E-state index is 13.9. The summed E-state index contributed by atoms with van der Waals surface area (Å²) in [4.78, 5) is 65.1. The van der Waals surface area contributed by atoms with Crippen molar-refractivity contribution in [2.24, 2.45) is 5.73 Å². The average Bonchev–Trinajstić information content (AvgIpc) is 2.80. The van der Waals surface area contributed by atoms with E-state index in [0.29, 0.717) is 19.4 Å². The molecule has 0 saturated heterocycles. The second kappa shape index (κ2) is 17.7. The van der Waals surface area contributed by atoms with Crippen LogP contribution in [0.2, 0.25) is 0 Å². The molecule has 45 heavy (non-hydrogen) atoms. The first-order chi connectivity index (χ1) is 20.2. The second-order valence-corrected chi connectivity index (χ2v) is 15.5. The lowest BCUT2D eigenvalue weighted by Crippen LogP contribution is -2.56. The number of nitrogens with one attached hydrogen (secondary N) is 2. The van der Waals surface area contributed by atoms with Gasteiger partial charge < -0.3 is 35.3 Å². The summed E-state index contributed by atoms with van der Waals surface area (Å²) in [5.41, 5.74) is 1.44. The van der Waals surface area contributed by atoms with Gasteiger partial charge in [-0.2, -0.15) is 0 Å². The molecule has 0 aromatic heterocycles. The first-order valence-electron chi connectivity index (χ1n) is 15.9. The Bertz CT molecular complexity index is 905. The lowest BCUT2D eigenvalue weighted by atomic mass is 9.83. The number of hydrogen-bond acceptors (Lipinski definition) is 10. The Kier molecular flexibility index (Phi) is 16.6. The molecule has 0 saturated carbocycles. The van der Waals surface area contributed by atoms with Crippen molar-refractivity contribution in [3.63, 3.8) is 0 Å². The molecule has 4 N–H and O–H groups in total. The molecule has 0 bridgehead atoms. The van der Waals surface area contributed by atoms with Gasteiger partial charge in [0.1, 0.15) is 28.4 Å². The number of esters is 3. The zero-order valence-corrected chi connectivity index (χ0v) is 29.9. The van der Waals surface area contributed by atoms with Gasteiger partial charge in [-0.05, 0) is 128 Å². The van der Waals surface area contributed by atoms with E-state index in [1.165, 1.54) is 0 Å². The highest BCUT2D eigenvalue weighted by atomic mass is 16.6. The van der Waals surface area contributed by atoms with Crippen LogP contribution in [0.15, 0.2) is 0 Å². The number of unbranched alkanes of at least 4 members (excludes halogenated alkanes) is 1. The summed E-state index contributed by atoms with van der Waals surface area (Å²) in [5.74, 6) is -2.04. The molecule has 0 fully saturated rings. The Morgan fingerprint density at radius 2 is 0.933 bits per heavy atom. The molecule has 2 amide bonds. The van der Waals surface area contributed by atoms with Crippen LogP contribution in [-0.4, -0.2) is 70.4 Å². The van der Waals surface area contributed by atoms with Gasteiger partial charge in [0.05, 0.1) is 0 Å². The normalized spacial score (nSPS) is 13.4. The number of rotatable bonds is 16. The number of alkyl carbamates (subject to hydrolysis) is 1. The van der Waals surface area contributed by atoms with Crippen LogP contribution in [0, 0.1) is 0 Å². The molecule has 0 aliphatic rings. The van der Waals surface area contributed by atoms with Crippen LogP contribution in [-0.2, 0) is 38.1 Å². The van der Waals surface area contributed by atoms with Crippen LogP contribution in [0.5, 0.6) is 0 Å². The summed E-state index contributed by atoms with van der Waals surface area (Å²) in [5, 5.41) is 5.67. The fraction of sp³-hybridized carbons (Fsp3) is 0.848. The van der Waals surface area contributed by atoms with Crippen molar-refractivity contribution in [2.75, 3.05) is 6.54 Å². The minimum atomic E-state index is -1.23. The van der Waals surface area contributed by atoms with Gasteiger partial charge in [0, 0.05) is 24.8 Å². The number of carbonyl (C=O) groups is 5. The van der Waals surface area contributed by atoms with Gasteiger partial charge in [0.15, 0.2) is 0 Å². The molecular weight excluding hydrogens is 582 g/mol. The molecular formula is C33H61N3O9. The largest absolute Gasteiger partial charge is 0.460 e. The molecule has 0 radical (unpaired) electrons. The van der Waals surface area contributed by atoms with Gasteiger partial charge in [-0.25, -0.2) is 4.79 Å². The fourth-order valence-corrected chi connectivity index (χ4v) is 4.32. The summed E-state index contributed by atoms with van der Waals surface area (Å²) in [7, 11) is 0. The number of carbonyl (C=O) groups excluding carboxylic acids is 5. The van der Waals surface area contributed by atoms with Crippen molar-refractivity contribution in [3.05, 3.63) is 0 Å². The highest BCUT2D eigenvalue weighted by Gasteiger charge is 2.38. The SMILES string of the molecule is CC(C)(C)OC(=O)CCC(CCC(=O)OC(C)(C)C)(CCC(=O)OC(C)(C)C)NC(=O)[C@@H](CCCCN)NC(=O)OC(C)(C)C. The molecule has 0 aliphatic heterocycles. The third-order valence-electron chi connectivity index (χ3n) is 6.03. The molecule has 1 atom stereocenters. The summed E-state index contributed by atoms with van der Waals surface area (Å²) in [6.07, 6.45) is 0.544. The van der Waals surface area contributed by atoms with E-state index >= 15 is 0 Å². The minimum Gasteiger partial charge on any atom is -0.460 e. The lowest BCUT2D eigenvalue weighted by Gasteiger charge is -2.37. The van der Waals surface area contributed by atoms with E-state index in [2.05, 4.69) is 10.6 Å². The maximum absolute atomic E-state index is 13.9. The number of amides is 2. The lowest BCUT2D eigenvalue weighted by molar-refractivity contribution is -0.155. The van der Waals surface area contributed by atoms with Gasteiger partial charge in [-0.1, -0.05) is 0 Å². The van der Waals surface area contributed by atoms with Gasteiger partial charge in [-0.15, -0.1) is 0 Å². The zero-order valence-electron chi connectivity index (χ0n) is 29.9. The van der Waals surface area contributed by atoms with E-state index in [4.69, 9.17) is 24.7 Å². The van der Waals surface area contributed by atoms with Crippen LogP contribution in [0.1, 0.15) is 141 Å². The second-order valence-electron chi connectivity index (χ2n) is 15.5. The van der Waals surface area contributed by atoms with Gasteiger partial charge >= 0.3 is 24.0 Å². The third kappa shape index (κ3) is 22.3. The van der Waals surface area contributed by atoms with E-state index < -0.39 is 63.9 Å². The summed E-state index contributed by atoms with van der Waals surface area (Å²) < 4.78 is 21.9. The summed E-state index contributed by atoms with van der Waals surface area (Å²) in [6, 6.07) is -1.00. The molecule has 0 heterocycles. The van der Waals surface area contributed by atoms with E-state index in [-0.39, 0.29) is 44.9 Å². The first-order valence-corrected chi connectivity index (χ1v) is 15.9. The minimum absolute atomic E-state index is 0.0568. The highest BCUT2D eigenvalue weighted by molar-refractivity contribution is 5.86. The van der Waals surface area contributed by atoms with Crippen LogP contribution < -0.4 is 16.4 Å². The van der Waals surface area contributed by atoms with Crippen molar-refractivity contribution in [3.8, 4) is 0 Å². The summed E-state index contributed by atoms with van der Waals surface area (Å²) >= 11 is 0. The molecule has 0 spiro atoms. The van der Waals surface area contributed by atoms with Gasteiger partial charge in [0.2, 0.25) is 5.91 Å². The van der Waals surface area contributed by atoms with E-state index in [1.807, 2.05) is 0 Å². The Labute approximate surface area is 270 Å². The first kappa shape index (κ1) is 42.1. The summed E-state index contributed by atoms with van der Waals surface area (Å²) in [6.45, 7) is 21.3. The van der Waals surface area contributed by atoms with Crippen molar-refractivity contribution in [1.29, 1.82) is 0 Å². The number of ether oxygens (including phenoxy) is 4. The van der Waals surface area contributed by atoms with Crippen LogP contribution in [0.25, 0.3) is 0 Å².